The first kappa shape index (κ1) is 43.7. The van der Waals surface area contributed by atoms with Crippen molar-refractivity contribution in [2.24, 2.45) is 17.8 Å². The number of rotatable bonds is 18. The van der Waals surface area contributed by atoms with E-state index >= 15 is 0 Å². The molecule has 1 fully saturated rings. The maximum atomic E-state index is 14.2. The van der Waals surface area contributed by atoms with E-state index in [1.165, 1.54) is 4.90 Å². The summed E-state index contributed by atoms with van der Waals surface area (Å²) in [4.78, 5) is 40.7. The Morgan fingerprint density at radius 3 is 2.08 bits per heavy atom. The molecule has 59 heavy (non-hydrogen) atoms. The number of benzene rings is 4. The number of fused-ring (bicyclic) bond motifs is 2. The molecule has 312 valence electrons. The second-order valence-electron chi connectivity index (χ2n) is 17.1. The first-order valence-corrected chi connectivity index (χ1v) is 23.0. The van der Waals surface area contributed by atoms with E-state index in [9.17, 15) is 29.7 Å². The molecule has 0 saturated carbocycles. The van der Waals surface area contributed by atoms with Gasteiger partial charge in [0.05, 0.1) is 31.2 Å². The van der Waals surface area contributed by atoms with Crippen LogP contribution in [0.3, 0.4) is 0 Å². The van der Waals surface area contributed by atoms with Gasteiger partial charge in [0, 0.05) is 24.3 Å². The van der Waals surface area contributed by atoms with E-state index in [1.807, 2.05) is 66.7 Å². The van der Waals surface area contributed by atoms with E-state index in [0.717, 1.165) is 44.3 Å². The number of allylic oxidation sites excluding steroid dienone is 1. The Bertz CT molecular complexity index is 2140. The van der Waals surface area contributed by atoms with Crippen LogP contribution < -0.4 is 10.4 Å². The highest BCUT2D eigenvalue weighted by Gasteiger charge is 2.56. The Morgan fingerprint density at radius 2 is 1.49 bits per heavy atom. The molecule has 1 saturated heterocycles. The maximum Gasteiger partial charge on any atom is 0.303 e. The van der Waals surface area contributed by atoms with Crippen LogP contribution in [0.1, 0.15) is 84.6 Å². The van der Waals surface area contributed by atoms with Crippen LogP contribution in [0.25, 0.3) is 16.8 Å². The molecule has 2 amide bonds. The largest absolute Gasteiger partial charge is 0.507 e. The summed E-state index contributed by atoms with van der Waals surface area (Å²) < 4.78 is 7.40. The molecule has 0 bridgehead atoms. The molecule has 4 atom stereocenters. The van der Waals surface area contributed by atoms with Crippen molar-refractivity contribution in [3.63, 3.8) is 0 Å². The molecule has 2 aliphatic rings. The number of phenolic OH excluding ortho intramolecular Hbond substituents is 1. The predicted octanol–water partition coefficient (Wildman–Crippen LogP) is 7.61. The summed E-state index contributed by atoms with van der Waals surface area (Å²) in [5, 5.41) is 46.6. The van der Waals surface area contributed by atoms with Gasteiger partial charge in [-0.05, 0) is 82.1 Å². The molecule has 1 heterocycles. The molecule has 4 aromatic carbocycles. The number of aliphatic hydroxyl groups is 2. The van der Waals surface area contributed by atoms with Gasteiger partial charge in [-0.3, -0.25) is 19.3 Å². The number of carbonyl (C=O) groups is 3. The van der Waals surface area contributed by atoms with Gasteiger partial charge in [0.1, 0.15) is 5.75 Å². The second-order valence-corrected chi connectivity index (χ2v) is 21.4. The average molecular weight is 818 g/mol. The predicted molar refractivity (Wildman–Crippen MR) is 235 cm³/mol. The van der Waals surface area contributed by atoms with Crippen LogP contribution in [0.15, 0.2) is 114 Å². The fourth-order valence-corrected chi connectivity index (χ4v) is 14.1. The number of hydrogen-bond donors (Lipinski definition) is 4. The molecule has 1 aliphatic heterocycles. The van der Waals surface area contributed by atoms with Gasteiger partial charge in [-0.1, -0.05) is 137 Å². The molecule has 0 aromatic heterocycles. The lowest BCUT2D eigenvalue weighted by molar-refractivity contribution is -0.141. The standard InChI is InChI=1S/C49H59NO8Si/c1-5-33(29-34-25-27-42(52)39-22-15-14-21-38(34)39)24-26-43(53)45-35(30-40-46(41(45)31-51)48(57)50(47(40)56)28-16-8-13-23-44(54)55)32-58-59(49(2,3)4,36-17-9-6-10-18-36)37-19-11-7-12-20-37/h6-7,9-12,14-15,17-22,25,27,29,40-41,43,46,51-53H,5,8,13,16,23-24,26,28,30-32H2,1-4H3,(H,54,55)/b33-29+/t40-,41+,43-,46-/m1/s1. The third kappa shape index (κ3) is 9.16. The number of imide groups is 1. The zero-order valence-electron chi connectivity index (χ0n) is 34.8. The smallest absolute Gasteiger partial charge is 0.303 e. The topological polar surface area (TPSA) is 145 Å². The van der Waals surface area contributed by atoms with Crippen LogP contribution in [0.2, 0.25) is 5.04 Å². The first-order valence-electron chi connectivity index (χ1n) is 21.0. The minimum Gasteiger partial charge on any atom is -0.507 e. The first-order chi connectivity index (χ1) is 28.3. The molecule has 1 aliphatic carbocycles. The highest BCUT2D eigenvalue weighted by molar-refractivity contribution is 6.99. The summed E-state index contributed by atoms with van der Waals surface area (Å²) in [6.45, 7) is 8.54. The summed E-state index contributed by atoms with van der Waals surface area (Å²) in [6.07, 6.45) is 4.46. The van der Waals surface area contributed by atoms with E-state index < -0.39 is 44.8 Å². The van der Waals surface area contributed by atoms with Gasteiger partial charge in [-0.25, -0.2) is 0 Å². The zero-order chi connectivity index (χ0) is 42.3. The highest BCUT2D eigenvalue weighted by Crippen LogP contribution is 2.47. The van der Waals surface area contributed by atoms with Crippen LogP contribution in [0, 0.1) is 17.8 Å². The third-order valence-corrected chi connectivity index (χ3v) is 17.5. The fraction of sp³-hybridized carbons (Fsp3) is 0.408. The summed E-state index contributed by atoms with van der Waals surface area (Å²) in [5.41, 5.74) is 3.40. The van der Waals surface area contributed by atoms with Gasteiger partial charge in [0.25, 0.3) is 8.32 Å². The number of aliphatic carboxylic acids is 1. The molecule has 6 rings (SSSR count). The fourth-order valence-electron chi connectivity index (χ4n) is 9.54. The van der Waals surface area contributed by atoms with Crippen LogP contribution in [0.4, 0.5) is 0 Å². The van der Waals surface area contributed by atoms with Gasteiger partial charge in [-0.15, -0.1) is 0 Å². The Labute approximate surface area is 349 Å². The minimum atomic E-state index is -3.06. The number of carboxylic acids is 1. The molecule has 4 N–H and O–H groups in total. The number of carboxylic acid groups (broad SMARTS) is 1. The molecule has 0 radical (unpaired) electrons. The van der Waals surface area contributed by atoms with E-state index in [-0.39, 0.29) is 48.6 Å². The van der Waals surface area contributed by atoms with E-state index in [4.69, 9.17) is 9.53 Å². The van der Waals surface area contributed by atoms with Crippen molar-refractivity contribution in [1.82, 2.24) is 4.90 Å². The van der Waals surface area contributed by atoms with E-state index in [2.05, 4.69) is 58.0 Å². The molecule has 10 heteroatoms. The van der Waals surface area contributed by atoms with Crippen molar-refractivity contribution >= 4 is 53.3 Å². The number of aromatic hydroxyl groups is 1. The minimum absolute atomic E-state index is 0.0278. The van der Waals surface area contributed by atoms with Crippen molar-refractivity contribution in [2.75, 3.05) is 19.8 Å². The van der Waals surface area contributed by atoms with Crippen molar-refractivity contribution in [2.45, 2.75) is 90.2 Å². The van der Waals surface area contributed by atoms with Gasteiger partial charge in [0.15, 0.2) is 0 Å². The van der Waals surface area contributed by atoms with E-state index in [0.29, 0.717) is 37.7 Å². The lowest BCUT2D eigenvalue weighted by Gasteiger charge is -2.44. The van der Waals surface area contributed by atoms with Crippen LogP contribution in [0.5, 0.6) is 5.75 Å². The molecule has 0 unspecified atom stereocenters. The number of likely N-dealkylation sites (tertiary alicyclic amines) is 1. The summed E-state index contributed by atoms with van der Waals surface area (Å²) >= 11 is 0. The van der Waals surface area contributed by atoms with Crippen molar-refractivity contribution in [3.05, 3.63) is 119 Å². The number of unbranched alkanes of at least 4 members (excludes halogenated alkanes) is 2. The zero-order valence-corrected chi connectivity index (χ0v) is 35.8. The van der Waals surface area contributed by atoms with Gasteiger partial charge >= 0.3 is 5.97 Å². The molecular weight excluding hydrogens is 759 g/mol. The van der Waals surface area contributed by atoms with Gasteiger partial charge in [-0.2, -0.15) is 0 Å². The van der Waals surface area contributed by atoms with Crippen molar-refractivity contribution < 1.29 is 39.2 Å². The van der Waals surface area contributed by atoms with Crippen LogP contribution in [-0.4, -0.2) is 77.3 Å². The number of amides is 2. The second kappa shape index (κ2) is 19.0. The number of aliphatic hydroxyl groups excluding tert-OH is 2. The Morgan fingerprint density at radius 1 is 0.864 bits per heavy atom. The average Bonchev–Trinajstić information content (AvgIpc) is 3.47. The Hall–Kier alpha value is -4.87. The number of phenols is 1. The van der Waals surface area contributed by atoms with Crippen molar-refractivity contribution in [3.8, 4) is 5.75 Å². The third-order valence-electron chi connectivity index (χ3n) is 12.5. The summed E-state index contributed by atoms with van der Waals surface area (Å²) in [6, 6.07) is 31.8. The number of carbonyl (C=O) groups excluding carboxylic acids is 2. The quantitative estimate of drug-likeness (QED) is 0.0348. The lowest BCUT2D eigenvalue weighted by atomic mass is 9.68. The normalized spacial score (nSPS) is 19.4. The van der Waals surface area contributed by atoms with Crippen molar-refractivity contribution in [1.29, 1.82) is 0 Å². The Kier molecular flexibility index (Phi) is 14.1. The van der Waals surface area contributed by atoms with Gasteiger partial charge < -0.3 is 24.9 Å². The van der Waals surface area contributed by atoms with Crippen LogP contribution in [-0.2, 0) is 18.8 Å². The van der Waals surface area contributed by atoms with E-state index in [1.54, 1.807) is 6.07 Å². The molecule has 4 aromatic rings. The lowest BCUT2D eigenvalue weighted by Crippen LogP contribution is -2.66. The monoisotopic (exact) mass is 817 g/mol. The van der Waals surface area contributed by atoms with Gasteiger partial charge in [0.2, 0.25) is 11.8 Å². The van der Waals surface area contributed by atoms with Crippen LogP contribution >= 0.6 is 0 Å². The number of hydrogen-bond acceptors (Lipinski definition) is 7. The highest BCUT2D eigenvalue weighted by atomic mass is 28.4. The molecule has 0 spiro atoms. The molecule has 9 nitrogen and oxygen atoms in total. The summed E-state index contributed by atoms with van der Waals surface area (Å²) in [7, 11) is -3.06. The molecular formula is C49H59NO8Si. The SMILES string of the molecule is CC/C(=C\c1ccc(O)c2ccccc12)CC[C@@H](O)C1=C(CO[Si](c2ccccc2)(c2ccccc2)C(C)(C)C)C[C@H]2C(=O)N(CCCCCC(=O)O)C(=O)[C@H]2[C@H]1CO. The number of nitrogens with zero attached hydrogens (tertiary/aromatic N) is 1. The summed E-state index contributed by atoms with van der Waals surface area (Å²) in [5.74, 6) is -3.61. The Balaban J connectivity index is 1.37. The maximum absolute atomic E-state index is 14.2.